The molecule has 0 radical (unpaired) electrons. The summed E-state index contributed by atoms with van der Waals surface area (Å²) in [5.41, 5.74) is 6.02. The predicted octanol–water partition coefficient (Wildman–Crippen LogP) is 9.00. The summed E-state index contributed by atoms with van der Waals surface area (Å²) >= 11 is 1.83. The van der Waals surface area contributed by atoms with E-state index >= 15 is 0 Å². The summed E-state index contributed by atoms with van der Waals surface area (Å²) < 4.78 is 1.31. The number of thiophene rings is 1. The van der Waals surface area contributed by atoms with Gasteiger partial charge in [-0.1, -0.05) is 93.8 Å². The Balaban J connectivity index is 1.91. The summed E-state index contributed by atoms with van der Waals surface area (Å²) in [5.74, 6) is 0. The number of hydrogen-bond acceptors (Lipinski definition) is 1. The maximum Gasteiger partial charge on any atom is 0.0352 e. The van der Waals surface area contributed by atoms with Gasteiger partial charge in [0.2, 0.25) is 0 Å². The fraction of sp³-hybridized carbons (Fsp3) is 0.172. The molecule has 2 aromatic rings. The Morgan fingerprint density at radius 3 is 2.67 bits per heavy atom. The van der Waals surface area contributed by atoms with Crippen LogP contribution in [0.1, 0.15) is 36.8 Å². The van der Waals surface area contributed by atoms with Gasteiger partial charge in [0.1, 0.15) is 0 Å². The van der Waals surface area contributed by atoms with Crippen molar-refractivity contribution in [2.75, 3.05) is 0 Å². The molecular weight excluding hydrogens is 380 g/mol. The molecule has 1 aromatic heterocycles. The van der Waals surface area contributed by atoms with Crippen molar-refractivity contribution in [3.05, 3.63) is 119 Å². The van der Waals surface area contributed by atoms with Crippen LogP contribution in [-0.4, -0.2) is 0 Å². The molecule has 0 spiro atoms. The summed E-state index contributed by atoms with van der Waals surface area (Å²) in [6, 6.07) is 6.79. The zero-order chi connectivity index (χ0) is 21.7. The Morgan fingerprint density at radius 2 is 1.93 bits per heavy atom. The average Bonchev–Trinajstić information content (AvgIpc) is 2.91. The minimum atomic E-state index is 0.0909. The van der Waals surface area contributed by atoms with Crippen LogP contribution in [0.15, 0.2) is 103 Å². The third-order valence-electron chi connectivity index (χ3n) is 5.33. The molecule has 1 aliphatic rings. The van der Waals surface area contributed by atoms with Gasteiger partial charge in [-0.2, -0.15) is 0 Å². The van der Waals surface area contributed by atoms with Gasteiger partial charge in [0.15, 0.2) is 0 Å². The number of allylic oxidation sites excluding steroid dienone is 13. The second-order valence-electron chi connectivity index (χ2n) is 8.14. The zero-order valence-corrected chi connectivity index (χ0v) is 19.2. The minimum Gasteiger partial charge on any atom is -0.136 e. The summed E-state index contributed by atoms with van der Waals surface area (Å²) in [5, 5.41) is 1.32. The van der Waals surface area contributed by atoms with E-state index in [1.807, 2.05) is 30.4 Å². The van der Waals surface area contributed by atoms with E-state index in [9.17, 15) is 0 Å². The van der Waals surface area contributed by atoms with E-state index in [-0.39, 0.29) is 5.41 Å². The van der Waals surface area contributed by atoms with Crippen molar-refractivity contribution >= 4 is 33.1 Å². The molecule has 3 rings (SSSR count). The molecule has 0 saturated carbocycles. The highest BCUT2D eigenvalue weighted by molar-refractivity contribution is 7.20. The number of rotatable bonds is 6. The summed E-state index contributed by atoms with van der Waals surface area (Å²) in [7, 11) is 0. The van der Waals surface area contributed by atoms with E-state index in [0.29, 0.717) is 0 Å². The fourth-order valence-corrected chi connectivity index (χ4v) is 4.51. The molecule has 1 heterocycles. The lowest BCUT2D eigenvalue weighted by Crippen LogP contribution is -2.00. The van der Waals surface area contributed by atoms with Crippen molar-refractivity contribution in [2.45, 2.75) is 27.7 Å². The zero-order valence-electron chi connectivity index (χ0n) is 18.4. The number of hydrogen-bond donors (Lipinski definition) is 0. The molecule has 0 N–H and O–H groups in total. The van der Waals surface area contributed by atoms with Crippen LogP contribution in [0.25, 0.3) is 21.7 Å². The highest BCUT2D eigenvalue weighted by atomic mass is 32.1. The van der Waals surface area contributed by atoms with Crippen molar-refractivity contribution in [2.24, 2.45) is 5.41 Å². The van der Waals surface area contributed by atoms with E-state index < -0.39 is 0 Å². The number of benzene rings is 1. The average molecular weight is 411 g/mol. The summed E-state index contributed by atoms with van der Waals surface area (Å²) in [6.07, 6.45) is 23.2. The van der Waals surface area contributed by atoms with Gasteiger partial charge in [-0.05, 0) is 65.3 Å². The molecule has 0 saturated heterocycles. The fourth-order valence-electron chi connectivity index (χ4n) is 3.42. The Kier molecular flexibility index (Phi) is 6.74. The lowest BCUT2D eigenvalue weighted by atomic mass is 9.92. The molecule has 0 atom stereocenters. The Hall–Kier alpha value is -2.90. The Bertz CT molecular complexity index is 1150. The van der Waals surface area contributed by atoms with Crippen molar-refractivity contribution in [3.63, 3.8) is 0 Å². The quantitative estimate of drug-likeness (QED) is 0.417. The highest BCUT2D eigenvalue weighted by Gasteiger charge is 2.12. The predicted molar refractivity (Wildman–Crippen MR) is 138 cm³/mol. The topological polar surface area (TPSA) is 0 Å². The van der Waals surface area contributed by atoms with E-state index in [1.54, 1.807) is 6.08 Å². The van der Waals surface area contributed by atoms with Gasteiger partial charge in [-0.25, -0.2) is 0 Å². The first kappa shape index (κ1) is 21.8. The van der Waals surface area contributed by atoms with Crippen LogP contribution in [0.2, 0.25) is 0 Å². The molecule has 1 heteroatoms. The van der Waals surface area contributed by atoms with Gasteiger partial charge in [0.25, 0.3) is 0 Å². The molecule has 0 nitrogen and oxygen atoms in total. The van der Waals surface area contributed by atoms with Crippen LogP contribution in [0, 0.1) is 12.3 Å². The van der Waals surface area contributed by atoms with Crippen LogP contribution in [0.5, 0.6) is 0 Å². The normalized spacial score (nSPS) is 16.4. The first-order valence-corrected chi connectivity index (χ1v) is 11.1. The molecular formula is C29H30S. The van der Waals surface area contributed by atoms with Gasteiger partial charge in [0.05, 0.1) is 0 Å². The molecule has 1 aliphatic carbocycles. The van der Waals surface area contributed by atoms with Crippen LogP contribution in [0.4, 0.5) is 0 Å². The van der Waals surface area contributed by atoms with Gasteiger partial charge >= 0.3 is 0 Å². The van der Waals surface area contributed by atoms with Crippen molar-refractivity contribution in [1.29, 1.82) is 0 Å². The van der Waals surface area contributed by atoms with Crippen molar-refractivity contribution in [3.8, 4) is 0 Å². The maximum atomic E-state index is 4.22. The van der Waals surface area contributed by atoms with Crippen LogP contribution >= 0.6 is 11.3 Å². The maximum absolute atomic E-state index is 4.22. The molecule has 0 amide bonds. The number of aryl methyl sites for hydroxylation is 1. The van der Waals surface area contributed by atoms with E-state index in [2.05, 4.69) is 101 Å². The largest absolute Gasteiger partial charge is 0.136 e. The first-order chi connectivity index (χ1) is 14.3. The van der Waals surface area contributed by atoms with Gasteiger partial charge in [-0.3, -0.25) is 0 Å². The third-order valence-corrected chi connectivity index (χ3v) is 6.57. The summed E-state index contributed by atoms with van der Waals surface area (Å²) in [4.78, 5) is 1.28. The van der Waals surface area contributed by atoms with Crippen LogP contribution in [-0.2, 0) is 0 Å². The van der Waals surface area contributed by atoms with Crippen LogP contribution < -0.4 is 0 Å². The summed E-state index contributed by atoms with van der Waals surface area (Å²) in [6.45, 7) is 16.6. The van der Waals surface area contributed by atoms with E-state index in [4.69, 9.17) is 0 Å². The lowest BCUT2D eigenvalue weighted by Gasteiger charge is -2.12. The molecule has 152 valence electrons. The Morgan fingerprint density at radius 1 is 1.13 bits per heavy atom. The molecule has 0 unspecified atom stereocenters. The Labute approximate surface area is 185 Å². The van der Waals surface area contributed by atoms with E-state index in [0.717, 1.165) is 11.1 Å². The molecule has 30 heavy (non-hydrogen) atoms. The van der Waals surface area contributed by atoms with Crippen LogP contribution in [0.3, 0.4) is 0 Å². The van der Waals surface area contributed by atoms with Crippen molar-refractivity contribution in [1.82, 2.24) is 0 Å². The molecule has 0 bridgehead atoms. The standard InChI is InChI=1S/C29H30S/c1-7-9-11-23(8-2)21(3)13-15-27-22(4)26-20-25(14-16-28(26)30-27)24-12-10-18-29(5,6)19-17-24/h7-20H,1,3H2,2,4-6H3. The smallest absolute Gasteiger partial charge is 0.0352 e. The monoisotopic (exact) mass is 410 g/mol. The minimum absolute atomic E-state index is 0.0909. The molecule has 0 fully saturated rings. The first-order valence-electron chi connectivity index (χ1n) is 10.3. The highest BCUT2D eigenvalue weighted by Crippen LogP contribution is 2.35. The SMILES string of the molecule is C=CC=CC(=CC)C(=C)C=Cc1sc2ccc(C3=CC=CC(C)(C)C=C3)cc2c1C. The molecule has 1 aromatic carbocycles. The van der Waals surface area contributed by atoms with E-state index in [1.165, 1.54) is 31.7 Å². The number of fused-ring (bicyclic) bond motifs is 1. The third kappa shape index (κ3) is 4.98. The molecule has 0 aliphatic heterocycles. The van der Waals surface area contributed by atoms with Gasteiger partial charge in [-0.15, -0.1) is 11.3 Å². The second-order valence-corrected chi connectivity index (χ2v) is 9.22. The van der Waals surface area contributed by atoms with Crippen molar-refractivity contribution < 1.29 is 0 Å². The second kappa shape index (κ2) is 9.28. The van der Waals surface area contributed by atoms with Gasteiger partial charge in [0, 0.05) is 15.0 Å². The lowest BCUT2D eigenvalue weighted by molar-refractivity contribution is 0.627. The van der Waals surface area contributed by atoms with Gasteiger partial charge < -0.3 is 0 Å².